The molecule has 0 aromatic rings. The zero-order chi connectivity index (χ0) is 10.4. The molecule has 5 heteroatoms. The molecule has 1 heterocycles. The van der Waals surface area contributed by atoms with Crippen molar-refractivity contribution in [2.75, 3.05) is 38.2 Å². The third kappa shape index (κ3) is 3.48. The maximum Gasteiger partial charge on any atom is 0.322 e. The number of hydrogen-bond acceptors (Lipinski definition) is 4. The lowest BCUT2D eigenvalue weighted by molar-refractivity contribution is -0.143. The first-order valence-electron chi connectivity index (χ1n) is 4.92. The Hall–Kier alpha value is -0.260. The Morgan fingerprint density at radius 1 is 1.71 bits per heavy atom. The van der Waals surface area contributed by atoms with Crippen molar-refractivity contribution in [3.63, 3.8) is 0 Å². The lowest BCUT2D eigenvalue weighted by atomic mass is 10.2. The number of carboxylic acids is 1. The predicted molar refractivity (Wildman–Crippen MR) is 58.9 cm³/mol. The first-order valence-corrected chi connectivity index (χ1v) is 6.31. The monoisotopic (exact) mass is 218 g/mol. The summed E-state index contributed by atoms with van der Waals surface area (Å²) >= 11 is 1.81. The Labute approximate surface area is 89.0 Å². The van der Waals surface area contributed by atoms with Gasteiger partial charge in [-0.3, -0.25) is 9.69 Å². The third-order valence-corrected chi connectivity index (χ3v) is 3.13. The molecule has 0 aliphatic carbocycles. The van der Waals surface area contributed by atoms with Crippen LogP contribution >= 0.6 is 11.8 Å². The van der Waals surface area contributed by atoms with Crippen LogP contribution in [0, 0.1) is 0 Å². The Morgan fingerprint density at radius 3 is 3.14 bits per heavy atom. The summed E-state index contributed by atoms with van der Waals surface area (Å²) in [4.78, 5) is 13.0. The Kier molecular flexibility index (Phi) is 5.29. The molecule has 1 aliphatic heterocycles. The van der Waals surface area contributed by atoms with Crippen molar-refractivity contribution in [3.8, 4) is 0 Å². The summed E-state index contributed by atoms with van der Waals surface area (Å²) in [7, 11) is 0. The molecule has 0 radical (unpaired) electrons. The molecule has 0 bridgehead atoms. The molecule has 1 aliphatic rings. The number of hydrogen-bond donors (Lipinski definition) is 2. The Bertz CT molecular complexity index is 190. The number of nitrogens with one attached hydrogen (secondary N) is 1. The van der Waals surface area contributed by atoms with Crippen LogP contribution in [0.4, 0.5) is 0 Å². The van der Waals surface area contributed by atoms with Crippen LogP contribution in [0.25, 0.3) is 0 Å². The molecular weight excluding hydrogens is 200 g/mol. The van der Waals surface area contributed by atoms with Crippen LogP contribution in [0.3, 0.4) is 0 Å². The summed E-state index contributed by atoms with van der Waals surface area (Å²) in [5, 5.41) is 12.1. The van der Waals surface area contributed by atoms with Crippen molar-refractivity contribution in [1.82, 2.24) is 10.2 Å². The van der Waals surface area contributed by atoms with Gasteiger partial charge in [0.05, 0.1) is 0 Å². The van der Waals surface area contributed by atoms with Gasteiger partial charge in [0.1, 0.15) is 6.04 Å². The van der Waals surface area contributed by atoms with E-state index in [0.29, 0.717) is 6.54 Å². The highest BCUT2D eigenvalue weighted by atomic mass is 32.2. The molecule has 1 saturated heterocycles. The summed E-state index contributed by atoms with van der Waals surface area (Å²) in [5.41, 5.74) is 0. The minimum atomic E-state index is -0.707. The van der Waals surface area contributed by atoms with E-state index < -0.39 is 5.97 Å². The summed E-state index contributed by atoms with van der Waals surface area (Å²) in [6, 6.07) is -0.328. The molecule has 0 amide bonds. The van der Waals surface area contributed by atoms with Gasteiger partial charge in [-0.25, -0.2) is 0 Å². The highest BCUT2D eigenvalue weighted by Crippen LogP contribution is 2.06. The zero-order valence-electron chi connectivity index (χ0n) is 8.53. The number of nitrogens with zero attached hydrogens (tertiary/aromatic N) is 1. The maximum atomic E-state index is 10.9. The Balaban J connectivity index is 2.34. The quantitative estimate of drug-likeness (QED) is 0.641. The highest BCUT2D eigenvalue weighted by molar-refractivity contribution is 7.98. The highest BCUT2D eigenvalue weighted by Gasteiger charge is 2.27. The number of piperazine rings is 1. The minimum absolute atomic E-state index is 0.328. The number of carbonyl (C=O) groups is 1. The number of rotatable bonds is 5. The molecule has 1 atom stereocenters. The van der Waals surface area contributed by atoms with Gasteiger partial charge in [0.15, 0.2) is 0 Å². The molecule has 1 rings (SSSR count). The van der Waals surface area contributed by atoms with Crippen LogP contribution in [-0.2, 0) is 4.79 Å². The van der Waals surface area contributed by atoms with Crippen molar-refractivity contribution >= 4 is 17.7 Å². The standard InChI is InChI=1S/C9H18N2O2S/c1-14-6-2-4-11-5-3-10-7-8(11)9(12)13/h8,10H,2-7H2,1H3,(H,12,13). The molecule has 0 aromatic heterocycles. The Morgan fingerprint density at radius 2 is 2.50 bits per heavy atom. The molecule has 1 fully saturated rings. The van der Waals surface area contributed by atoms with E-state index in [0.717, 1.165) is 31.8 Å². The van der Waals surface area contributed by atoms with Crippen LogP contribution in [0.1, 0.15) is 6.42 Å². The second-order valence-corrected chi connectivity index (χ2v) is 4.43. The van der Waals surface area contributed by atoms with Crippen molar-refractivity contribution in [1.29, 1.82) is 0 Å². The van der Waals surface area contributed by atoms with E-state index in [1.807, 2.05) is 11.8 Å². The van der Waals surface area contributed by atoms with Crippen LogP contribution in [0.2, 0.25) is 0 Å². The minimum Gasteiger partial charge on any atom is -0.480 e. The van der Waals surface area contributed by atoms with Gasteiger partial charge in [0, 0.05) is 19.6 Å². The summed E-state index contributed by atoms with van der Waals surface area (Å²) < 4.78 is 0. The summed E-state index contributed by atoms with van der Waals surface area (Å²) in [6.07, 6.45) is 3.15. The molecule has 0 aromatic carbocycles. The molecule has 0 saturated carbocycles. The average molecular weight is 218 g/mol. The topological polar surface area (TPSA) is 52.6 Å². The fourth-order valence-corrected chi connectivity index (χ4v) is 2.09. The van der Waals surface area contributed by atoms with Gasteiger partial charge in [-0.1, -0.05) is 0 Å². The zero-order valence-corrected chi connectivity index (χ0v) is 9.35. The van der Waals surface area contributed by atoms with Gasteiger partial charge in [0.2, 0.25) is 0 Å². The van der Waals surface area contributed by atoms with Crippen molar-refractivity contribution in [2.45, 2.75) is 12.5 Å². The van der Waals surface area contributed by atoms with E-state index in [-0.39, 0.29) is 6.04 Å². The van der Waals surface area contributed by atoms with Gasteiger partial charge in [-0.2, -0.15) is 11.8 Å². The molecule has 2 N–H and O–H groups in total. The number of thioether (sulfide) groups is 1. The van der Waals surface area contributed by atoms with E-state index in [9.17, 15) is 4.79 Å². The number of carboxylic acid groups (broad SMARTS) is 1. The second-order valence-electron chi connectivity index (χ2n) is 3.44. The van der Waals surface area contributed by atoms with Gasteiger partial charge in [-0.05, 0) is 25.0 Å². The normalized spacial score (nSPS) is 23.6. The van der Waals surface area contributed by atoms with Crippen LogP contribution in [0.5, 0.6) is 0 Å². The molecule has 14 heavy (non-hydrogen) atoms. The molecular formula is C9H18N2O2S. The van der Waals surface area contributed by atoms with Crippen molar-refractivity contribution in [2.24, 2.45) is 0 Å². The summed E-state index contributed by atoms with van der Waals surface area (Å²) in [6.45, 7) is 3.24. The van der Waals surface area contributed by atoms with E-state index in [1.165, 1.54) is 0 Å². The van der Waals surface area contributed by atoms with E-state index in [4.69, 9.17) is 5.11 Å². The van der Waals surface area contributed by atoms with Gasteiger partial charge in [0.25, 0.3) is 0 Å². The van der Waals surface area contributed by atoms with Crippen molar-refractivity contribution in [3.05, 3.63) is 0 Å². The molecule has 4 nitrogen and oxygen atoms in total. The molecule has 1 unspecified atom stereocenters. The largest absolute Gasteiger partial charge is 0.480 e. The molecule has 0 spiro atoms. The van der Waals surface area contributed by atoms with E-state index in [2.05, 4.69) is 16.5 Å². The third-order valence-electron chi connectivity index (χ3n) is 2.43. The lowest BCUT2D eigenvalue weighted by Crippen LogP contribution is -2.55. The number of aliphatic carboxylic acids is 1. The SMILES string of the molecule is CSCCCN1CCNCC1C(=O)O. The first kappa shape index (κ1) is 11.8. The lowest BCUT2D eigenvalue weighted by Gasteiger charge is -2.33. The average Bonchev–Trinajstić information content (AvgIpc) is 2.19. The van der Waals surface area contributed by atoms with Crippen LogP contribution < -0.4 is 5.32 Å². The van der Waals surface area contributed by atoms with Crippen LogP contribution in [-0.4, -0.2) is 60.2 Å². The first-order chi connectivity index (χ1) is 6.75. The molecule has 82 valence electrons. The van der Waals surface area contributed by atoms with Gasteiger partial charge >= 0.3 is 5.97 Å². The van der Waals surface area contributed by atoms with E-state index in [1.54, 1.807) is 0 Å². The predicted octanol–water partition coefficient (Wildman–Crippen LogP) is 0.0979. The fourth-order valence-electron chi connectivity index (χ4n) is 1.67. The van der Waals surface area contributed by atoms with Crippen molar-refractivity contribution < 1.29 is 9.90 Å². The smallest absolute Gasteiger partial charge is 0.322 e. The van der Waals surface area contributed by atoms with E-state index >= 15 is 0 Å². The summed E-state index contributed by atoms with van der Waals surface area (Å²) in [5.74, 6) is 0.400. The van der Waals surface area contributed by atoms with Crippen LogP contribution in [0.15, 0.2) is 0 Å². The maximum absolute atomic E-state index is 10.9. The fraction of sp³-hybridized carbons (Fsp3) is 0.889. The van der Waals surface area contributed by atoms with Gasteiger partial charge < -0.3 is 10.4 Å². The van der Waals surface area contributed by atoms with Gasteiger partial charge in [-0.15, -0.1) is 0 Å². The second kappa shape index (κ2) is 6.27.